The summed E-state index contributed by atoms with van der Waals surface area (Å²) in [5.74, 6) is -0.117. The number of aliphatic hydroxyl groups is 1. The first-order chi connectivity index (χ1) is 19.1. The number of phosphoric acid groups is 1. The molecule has 5 unspecified atom stereocenters. The van der Waals surface area contributed by atoms with E-state index in [2.05, 4.69) is 47.2 Å². The van der Waals surface area contributed by atoms with E-state index in [9.17, 15) is 19.4 Å². The Labute approximate surface area is 236 Å². The number of aromatic nitrogens is 4. The molecule has 4 heterocycles. The van der Waals surface area contributed by atoms with Crippen LogP contribution in [0.3, 0.4) is 0 Å². The lowest BCUT2D eigenvalue weighted by Crippen LogP contribution is -2.50. The Morgan fingerprint density at radius 1 is 1.07 bits per heavy atom. The smallest absolute Gasteiger partial charge is 0.386 e. The van der Waals surface area contributed by atoms with Crippen molar-refractivity contribution in [3.63, 3.8) is 0 Å². The number of nitrogens with two attached hydrogens (primary N) is 1. The standard InChI is InChI=1S/C16H36N.C10H12N5O7P/c1-5-9-13-17(14-10-6-2,15-11-7-3)16-12-8-4;11-10-13-7-4(8(17)14-10)12-2-15(7)9-5(16)6-3(21-9)1-20-23(18,19)22-6/h5-16H2,1-4H3;2-3,5-6,9,16H,1H2,(H,18,19)(H3,11,13,14,17)/q+1;. The molecule has 5 N–H and O–H groups in total. The SMILES string of the molecule is CCCC[N+](CCCC)(CCCC)CCCC.Nc1nc2c(ncn2C2OC3COP(=O)(O)OC3C2O)c(=O)[nH]1. The lowest BCUT2D eigenvalue weighted by Gasteiger charge is -2.39. The van der Waals surface area contributed by atoms with Crippen molar-refractivity contribution in [1.29, 1.82) is 0 Å². The maximum absolute atomic E-state index is 11.8. The fourth-order valence-electron chi connectivity index (χ4n) is 5.34. The van der Waals surface area contributed by atoms with Crippen molar-refractivity contribution in [2.75, 3.05) is 38.5 Å². The molecule has 2 saturated heterocycles. The number of aliphatic hydroxyl groups excluding tert-OH is 1. The summed E-state index contributed by atoms with van der Waals surface area (Å²) in [6.45, 7) is 14.8. The van der Waals surface area contributed by atoms with E-state index < -0.39 is 37.9 Å². The first-order valence-corrected chi connectivity index (χ1v) is 16.2. The summed E-state index contributed by atoms with van der Waals surface area (Å²) in [6, 6.07) is 0. The number of imidazole rings is 1. The van der Waals surface area contributed by atoms with Gasteiger partial charge >= 0.3 is 7.82 Å². The van der Waals surface area contributed by atoms with Crippen molar-refractivity contribution in [2.45, 2.75) is 104 Å². The van der Waals surface area contributed by atoms with Crippen LogP contribution in [-0.2, 0) is 18.3 Å². The number of hydrogen-bond donors (Lipinski definition) is 4. The van der Waals surface area contributed by atoms with Crippen molar-refractivity contribution < 1.29 is 32.8 Å². The average Bonchev–Trinajstić information content (AvgIpc) is 3.48. The van der Waals surface area contributed by atoms with Crippen LogP contribution in [0.4, 0.5) is 5.95 Å². The zero-order valence-corrected chi connectivity index (χ0v) is 25.2. The summed E-state index contributed by atoms with van der Waals surface area (Å²) in [7, 11) is -4.22. The highest BCUT2D eigenvalue weighted by Crippen LogP contribution is 2.52. The molecule has 4 rings (SSSR count). The van der Waals surface area contributed by atoms with E-state index in [0.29, 0.717) is 0 Å². The number of aromatic amines is 1. The summed E-state index contributed by atoms with van der Waals surface area (Å²) < 4.78 is 29.3. The van der Waals surface area contributed by atoms with Crippen molar-refractivity contribution in [1.82, 2.24) is 19.5 Å². The summed E-state index contributed by atoms with van der Waals surface area (Å²) in [6.07, 6.45) is 8.21. The van der Waals surface area contributed by atoms with Gasteiger partial charge in [-0.15, -0.1) is 0 Å². The van der Waals surface area contributed by atoms with E-state index >= 15 is 0 Å². The van der Waals surface area contributed by atoms with Crippen LogP contribution in [0.2, 0.25) is 0 Å². The Kier molecular flexibility index (Phi) is 12.1. The number of phosphoric ester groups is 1. The number of ether oxygens (including phenoxy) is 1. The quantitative estimate of drug-likeness (QED) is 0.201. The molecule has 2 aliphatic heterocycles. The average molecular weight is 588 g/mol. The number of nitrogen functional groups attached to an aromatic ring is 1. The third-order valence-corrected chi connectivity index (χ3v) is 8.62. The Hall–Kier alpha value is -1.86. The van der Waals surface area contributed by atoms with Crippen LogP contribution >= 0.6 is 7.82 Å². The van der Waals surface area contributed by atoms with Crippen molar-refractivity contribution in [2.24, 2.45) is 0 Å². The van der Waals surface area contributed by atoms with Gasteiger partial charge in [0.15, 0.2) is 17.4 Å². The van der Waals surface area contributed by atoms with Crippen LogP contribution in [0.25, 0.3) is 11.2 Å². The third kappa shape index (κ3) is 8.12. The number of hydrogen-bond acceptors (Lipinski definition) is 9. The highest BCUT2D eigenvalue weighted by molar-refractivity contribution is 7.47. The molecule has 0 aliphatic carbocycles. The van der Waals surface area contributed by atoms with Gasteiger partial charge in [-0.25, -0.2) is 9.55 Å². The van der Waals surface area contributed by atoms with E-state index in [0.717, 1.165) is 0 Å². The number of fused-ring (bicyclic) bond motifs is 2. The zero-order valence-electron chi connectivity index (χ0n) is 24.3. The Balaban J connectivity index is 0.000000234. The summed E-state index contributed by atoms with van der Waals surface area (Å²) in [5, 5.41) is 10.4. The highest BCUT2D eigenvalue weighted by atomic mass is 31.2. The first kappa shape index (κ1) is 32.7. The minimum atomic E-state index is -4.22. The van der Waals surface area contributed by atoms with E-state index in [1.54, 1.807) is 0 Å². The molecule has 0 radical (unpaired) electrons. The summed E-state index contributed by atoms with van der Waals surface area (Å²) in [5.41, 5.74) is 5.12. The van der Waals surface area contributed by atoms with Crippen LogP contribution in [-0.4, -0.2) is 85.1 Å². The zero-order chi connectivity index (χ0) is 29.3. The van der Waals surface area contributed by atoms with Crippen LogP contribution in [0.1, 0.15) is 85.3 Å². The molecule has 228 valence electrons. The van der Waals surface area contributed by atoms with Crippen LogP contribution in [0.15, 0.2) is 11.1 Å². The molecule has 2 fully saturated rings. The topological polar surface area (TPSA) is 175 Å². The number of H-pyrrole nitrogens is 1. The predicted molar refractivity (Wildman–Crippen MR) is 152 cm³/mol. The highest BCUT2D eigenvalue weighted by Gasteiger charge is 2.52. The van der Waals surface area contributed by atoms with Crippen molar-refractivity contribution >= 4 is 24.9 Å². The molecule has 13 nitrogen and oxygen atoms in total. The number of nitrogens with one attached hydrogen (secondary N) is 1. The number of quaternary nitrogens is 1. The molecule has 2 aromatic rings. The molecule has 0 spiro atoms. The molecular formula is C26H48N6O7P+. The van der Waals surface area contributed by atoms with E-state index in [1.165, 1.54) is 92.9 Å². The van der Waals surface area contributed by atoms with Crippen molar-refractivity contribution in [3.8, 4) is 0 Å². The van der Waals surface area contributed by atoms with Gasteiger partial charge in [0.05, 0.1) is 39.1 Å². The molecular weight excluding hydrogens is 539 g/mol. The van der Waals surface area contributed by atoms with Gasteiger partial charge < -0.3 is 25.0 Å². The molecule has 5 atom stereocenters. The van der Waals surface area contributed by atoms with Crippen LogP contribution < -0.4 is 11.3 Å². The molecule has 0 bridgehead atoms. The number of unbranched alkanes of at least 4 members (excludes halogenated alkanes) is 4. The number of rotatable bonds is 13. The van der Waals surface area contributed by atoms with Gasteiger partial charge in [0.25, 0.3) is 5.56 Å². The molecule has 14 heteroatoms. The predicted octanol–water partition coefficient (Wildman–Crippen LogP) is 3.48. The van der Waals surface area contributed by atoms with E-state index in [4.69, 9.17) is 15.0 Å². The van der Waals surface area contributed by atoms with E-state index in [-0.39, 0.29) is 23.7 Å². The largest absolute Gasteiger partial charge is 0.472 e. The van der Waals surface area contributed by atoms with Gasteiger partial charge in [0.1, 0.15) is 18.3 Å². The Bertz CT molecular complexity index is 1140. The van der Waals surface area contributed by atoms with Gasteiger partial charge in [-0.2, -0.15) is 4.98 Å². The van der Waals surface area contributed by atoms with Gasteiger partial charge in [-0.3, -0.25) is 23.4 Å². The van der Waals surface area contributed by atoms with Crippen molar-refractivity contribution in [3.05, 3.63) is 16.7 Å². The first-order valence-electron chi connectivity index (χ1n) is 14.7. The lowest BCUT2D eigenvalue weighted by atomic mass is 10.1. The number of anilines is 1. The fraction of sp³-hybridized carbons (Fsp3) is 0.808. The minimum absolute atomic E-state index is 0.0230. The third-order valence-electron chi connectivity index (χ3n) is 7.64. The molecule has 2 aromatic heterocycles. The van der Waals surface area contributed by atoms with Gasteiger partial charge in [0, 0.05) is 0 Å². The second kappa shape index (κ2) is 14.9. The fourth-order valence-corrected chi connectivity index (χ4v) is 6.30. The molecule has 2 aliphatic rings. The van der Waals surface area contributed by atoms with Gasteiger partial charge in [-0.05, 0) is 25.7 Å². The summed E-state index contributed by atoms with van der Waals surface area (Å²) >= 11 is 0. The summed E-state index contributed by atoms with van der Waals surface area (Å²) in [4.78, 5) is 31.3. The normalized spacial score (nSPS) is 26.4. The maximum atomic E-state index is 11.8. The van der Waals surface area contributed by atoms with Crippen LogP contribution in [0, 0.1) is 0 Å². The number of nitrogens with zero attached hydrogens (tertiary/aromatic N) is 4. The van der Waals surface area contributed by atoms with Gasteiger partial charge in [0.2, 0.25) is 5.95 Å². The minimum Gasteiger partial charge on any atom is -0.386 e. The molecule has 0 saturated carbocycles. The molecule has 0 aromatic carbocycles. The monoisotopic (exact) mass is 587 g/mol. The Morgan fingerprint density at radius 2 is 1.62 bits per heavy atom. The van der Waals surface area contributed by atoms with Crippen LogP contribution in [0.5, 0.6) is 0 Å². The molecule has 40 heavy (non-hydrogen) atoms. The van der Waals surface area contributed by atoms with E-state index in [1.807, 2.05) is 0 Å². The maximum Gasteiger partial charge on any atom is 0.472 e. The second-order valence-electron chi connectivity index (χ2n) is 10.8. The lowest BCUT2D eigenvalue weighted by molar-refractivity contribution is -0.929. The Morgan fingerprint density at radius 3 is 2.15 bits per heavy atom. The van der Waals surface area contributed by atoms with Gasteiger partial charge in [-0.1, -0.05) is 53.4 Å². The second-order valence-corrected chi connectivity index (χ2v) is 12.2. The molecule has 0 amide bonds.